The van der Waals surface area contributed by atoms with Gasteiger partial charge in [0.15, 0.2) is 0 Å². The zero-order chi connectivity index (χ0) is 15.6. The number of carbonyl (C=O) groups excluding carboxylic acids is 2. The van der Waals surface area contributed by atoms with Crippen LogP contribution in [0.25, 0.3) is 0 Å². The summed E-state index contributed by atoms with van der Waals surface area (Å²) in [7, 11) is -5.88. The van der Waals surface area contributed by atoms with E-state index >= 15 is 0 Å². The topological polar surface area (TPSA) is 97.7 Å². The molecule has 5 unspecified atom stereocenters. The van der Waals surface area contributed by atoms with Crippen LogP contribution in [0.1, 0.15) is 25.7 Å². The number of hydrogen-bond donors (Lipinski definition) is 1. The molecule has 0 saturated heterocycles. The van der Waals surface area contributed by atoms with Gasteiger partial charge in [-0.1, -0.05) is 0 Å². The van der Waals surface area contributed by atoms with E-state index in [4.69, 9.17) is 4.55 Å². The molecule has 4 fully saturated rings. The summed E-state index contributed by atoms with van der Waals surface area (Å²) >= 11 is 0. The van der Waals surface area contributed by atoms with Crippen molar-refractivity contribution in [2.24, 2.45) is 23.7 Å². The summed E-state index contributed by atoms with van der Waals surface area (Å²) in [6.07, 6.45) is 1.46. The number of halogens is 2. The molecule has 1 N–H and O–H groups in total. The van der Waals surface area contributed by atoms with Crippen molar-refractivity contribution < 1.29 is 36.1 Å². The molecule has 9 heteroatoms. The first-order valence-electron chi connectivity index (χ1n) is 6.71. The fraction of sp³-hybridized carbons (Fsp3) is 0.833. The van der Waals surface area contributed by atoms with E-state index in [0.717, 1.165) is 6.42 Å². The van der Waals surface area contributed by atoms with Crippen LogP contribution in [0, 0.1) is 23.7 Å². The molecule has 0 aromatic rings. The van der Waals surface area contributed by atoms with Crippen LogP contribution in [0.15, 0.2) is 0 Å². The molecule has 6 nitrogen and oxygen atoms in total. The predicted octanol–water partition coefficient (Wildman–Crippen LogP) is 1.01. The Balaban J connectivity index is 1.80. The Morgan fingerprint density at radius 2 is 1.90 bits per heavy atom. The first kappa shape index (κ1) is 14.8. The molecule has 0 aromatic heterocycles. The Bertz CT molecular complexity index is 601. The average molecular weight is 324 g/mol. The van der Waals surface area contributed by atoms with Crippen LogP contribution in [0.3, 0.4) is 0 Å². The van der Waals surface area contributed by atoms with Gasteiger partial charge in [0.25, 0.3) is 0 Å². The molecule has 0 aliphatic heterocycles. The van der Waals surface area contributed by atoms with E-state index in [9.17, 15) is 26.8 Å². The Morgan fingerprint density at radius 3 is 2.52 bits per heavy atom. The zero-order valence-electron chi connectivity index (χ0n) is 10.9. The Morgan fingerprint density at radius 1 is 1.24 bits per heavy atom. The molecule has 4 rings (SSSR count). The maximum atomic E-state index is 13.2. The normalized spacial score (nSPS) is 38.6. The highest BCUT2D eigenvalue weighted by Crippen LogP contribution is 2.53. The van der Waals surface area contributed by atoms with Gasteiger partial charge < -0.3 is 4.74 Å². The van der Waals surface area contributed by atoms with Crippen molar-refractivity contribution in [2.75, 3.05) is 0 Å². The van der Waals surface area contributed by atoms with E-state index in [1.807, 2.05) is 0 Å². The summed E-state index contributed by atoms with van der Waals surface area (Å²) in [4.78, 5) is 23.5. The van der Waals surface area contributed by atoms with Crippen LogP contribution in [0.4, 0.5) is 8.78 Å². The lowest BCUT2D eigenvalue weighted by atomic mass is 9.54. The molecule has 0 heterocycles. The summed E-state index contributed by atoms with van der Waals surface area (Å²) in [6, 6.07) is 0. The second-order valence-electron chi connectivity index (χ2n) is 6.14. The minimum atomic E-state index is -5.88. The second-order valence-corrected chi connectivity index (χ2v) is 7.60. The maximum absolute atomic E-state index is 13.2. The Labute approximate surface area is 119 Å². The Hall–Kier alpha value is -1.09. The first-order valence-corrected chi connectivity index (χ1v) is 8.15. The number of carbonyl (C=O) groups is 2. The number of esters is 1. The third kappa shape index (κ3) is 2.17. The molecule has 21 heavy (non-hydrogen) atoms. The smallest absolute Gasteiger partial charge is 0.456 e. The summed E-state index contributed by atoms with van der Waals surface area (Å²) in [6.45, 7) is 0. The number of ether oxygens (including phenoxy) is 1. The minimum Gasteiger partial charge on any atom is -0.456 e. The van der Waals surface area contributed by atoms with E-state index in [1.165, 1.54) is 0 Å². The fourth-order valence-electron chi connectivity index (χ4n) is 4.06. The van der Waals surface area contributed by atoms with Crippen molar-refractivity contribution in [1.82, 2.24) is 0 Å². The summed E-state index contributed by atoms with van der Waals surface area (Å²) < 4.78 is 60.6. The summed E-state index contributed by atoms with van der Waals surface area (Å²) in [5.41, 5.74) is 0. The lowest BCUT2D eigenvalue weighted by molar-refractivity contribution is -0.188. The van der Waals surface area contributed by atoms with Gasteiger partial charge in [0.1, 0.15) is 11.9 Å². The van der Waals surface area contributed by atoms with E-state index in [1.54, 1.807) is 0 Å². The number of Topliss-reactive ketones (excluding diaryl/α,β-unsaturated/α-hetero) is 1. The van der Waals surface area contributed by atoms with Gasteiger partial charge in [0.05, 0.1) is 5.92 Å². The van der Waals surface area contributed by atoms with Crippen LogP contribution in [-0.4, -0.2) is 36.1 Å². The molecule has 0 radical (unpaired) electrons. The number of ketones is 1. The molecular formula is C12H14F2O6S. The molecule has 0 amide bonds. The van der Waals surface area contributed by atoms with E-state index in [0.29, 0.717) is 25.2 Å². The van der Waals surface area contributed by atoms with Gasteiger partial charge in [-0.2, -0.15) is 17.2 Å². The van der Waals surface area contributed by atoms with Crippen LogP contribution in [0.2, 0.25) is 0 Å². The highest BCUT2D eigenvalue weighted by Gasteiger charge is 2.59. The van der Waals surface area contributed by atoms with Gasteiger partial charge in [0.2, 0.25) is 0 Å². The van der Waals surface area contributed by atoms with E-state index < -0.39 is 33.4 Å². The molecule has 0 spiro atoms. The second kappa shape index (κ2) is 4.45. The largest absolute Gasteiger partial charge is 0.465 e. The molecule has 4 aliphatic rings. The molecule has 4 aliphatic carbocycles. The highest BCUT2D eigenvalue weighted by molar-refractivity contribution is 7.87. The molecule has 0 aromatic carbocycles. The molecule has 4 saturated carbocycles. The SMILES string of the molecule is O=C1C2CC3CC(C2)C(OC(=O)C(F)(F)S(=O)(=O)O)C1C3. The molecule has 5 atom stereocenters. The Kier molecular flexibility index (Phi) is 3.14. The standard InChI is InChI=1S/C12H14F2O6S/c13-12(14,21(17,18)19)11(16)20-10-7-2-5-1-6(4-7)9(15)8(10)3-5/h5-8,10H,1-4H2,(H,17,18,19). The third-order valence-electron chi connectivity index (χ3n) is 4.86. The van der Waals surface area contributed by atoms with Crippen molar-refractivity contribution in [2.45, 2.75) is 37.0 Å². The van der Waals surface area contributed by atoms with Gasteiger partial charge >= 0.3 is 21.3 Å². The zero-order valence-corrected chi connectivity index (χ0v) is 11.7. The van der Waals surface area contributed by atoms with Gasteiger partial charge in [-0.25, -0.2) is 4.79 Å². The monoisotopic (exact) mass is 324 g/mol. The average Bonchev–Trinajstić information content (AvgIpc) is 2.37. The first-order chi connectivity index (χ1) is 9.61. The molecular weight excluding hydrogens is 310 g/mol. The van der Waals surface area contributed by atoms with Crippen molar-refractivity contribution in [3.05, 3.63) is 0 Å². The summed E-state index contributed by atoms with van der Waals surface area (Å²) in [5, 5.41) is -5.01. The molecule has 118 valence electrons. The van der Waals surface area contributed by atoms with E-state index in [-0.39, 0.29) is 17.6 Å². The van der Waals surface area contributed by atoms with Crippen molar-refractivity contribution >= 4 is 21.9 Å². The lowest BCUT2D eigenvalue weighted by Crippen LogP contribution is -2.56. The van der Waals surface area contributed by atoms with E-state index in [2.05, 4.69) is 4.74 Å². The number of hydrogen-bond acceptors (Lipinski definition) is 5. The third-order valence-corrected chi connectivity index (χ3v) is 5.68. The van der Waals surface area contributed by atoms with Crippen molar-refractivity contribution in [3.8, 4) is 0 Å². The number of alkyl halides is 2. The minimum absolute atomic E-state index is 0.0878. The fourth-order valence-corrected chi connectivity index (χ4v) is 4.31. The van der Waals surface area contributed by atoms with Crippen LogP contribution in [-0.2, 0) is 24.4 Å². The van der Waals surface area contributed by atoms with Gasteiger partial charge in [-0.05, 0) is 37.5 Å². The van der Waals surface area contributed by atoms with Gasteiger partial charge in [-0.3, -0.25) is 9.35 Å². The quantitative estimate of drug-likeness (QED) is 0.615. The summed E-state index contributed by atoms with van der Waals surface area (Å²) in [5.74, 6) is -2.96. The van der Waals surface area contributed by atoms with Crippen LogP contribution >= 0.6 is 0 Å². The van der Waals surface area contributed by atoms with Crippen LogP contribution < -0.4 is 0 Å². The highest BCUT2D eigenvalue weighted by atomic mass is 32.2. The maximum Gasteiger partial charge on any atom is 0.465 e. The van der Waals surface area contributed by atoms with Gasteiger partial charge in [-0.15, -0.1) is 0 Å². The van der Waals surface area contributed by atoms with Crippen molar-refractivity contribution in [3.63, 3.8) is 0 Å². The lowest BCUT2D eigenvalue weighted by Gasteiger charge is -2.52. The molecule has 4 bridgehead atoms. The van der Waals surface area contributed by atoms with Crippen LogP contribution in [0.5, 0.6) is 0 Å². The predicted molar refractivity (Wildman–Crippen MR) is 63.8 cm³/mol. The van der Waals surface area contributed by atoms with Crippen molar-refractivity contribution in [1.29, 1.82) is 0 Å². The number of rotatable bonds is 3. The van der Waals surface area contributed by atoms with Gasteiger partial charge in [0, 0.05) is 5.92 Å².